The third-order valence-electron chi connectivity index (χ3n) is 5.25. The van der Waals surface area contributed by atoms with Crippen molar-refractivity contribution < 1.29 is 22.7 Å². The Morgan fingerprint density at radius 3 is 2.46 bits per heavy atom. The SMILES string of the molecule is CC(N)C1CCN(C(=O)C2CC2c2ccccc2OC(F)(F)F)CC1.Cl. The van der Waals surface area contributed by atoms with E-state index >= 15 is 0 Å². The van der Waals surface area contributed by atoms with E-state index < -0.39 is 6.36 Å². The summed E-state index contributed by atoms with van der Waals surface area (Å²) in [4.78, 5) is 14.5. The van der Waals surface area contributed by atoms with Crippen molar-refractivity contribution in [3.63, 3.8) is 0 Å². The van der Waals surface area contributed by atoms with Crippen LogP contribution in [-0.4, -0.2) is 36.3 Å². The summed E-state index contributed by atoms with van der Waals surface area (Å²) < 4.78 is 41.7. The van der Waals surface area contributed by atoms with Gasteiger partial charge in [-0.05, 0) is 49.7 Å². The second-order valence-electron chi connectivity index (χ2n) is 7.06. The topological polar surface area (TPSA) is 55.6 Å². The van der Waals surface area contributed by atoms with E-state index in [-0.39, 0.29) is 41.9 Å². The fourth-order valence-electron chi connectivity index (χ4n) is 3.70. The van der Waals surface area contributed by atoms with Gasteiger partial charge in [-0.2, -0.15) is 0 Å². The van der Waals surface area contributed by atoms with Crippen molar-refractivity contribution in [1.29, 1.82) is 0 Å². The highest BCUT2D eigenvalue weighted by Crippen LogP contribution is 2.52. The van der Waals surface area contributed by atoms with Gasteiger partial charge in [0.1, 0.15) is 5.75 Å². The summed E-state index contributed by atoms with van der Waals surface area (Å²) in [6.07, 6.45) is -2.39. The third kappa shape index (κ3) is 4.82. The number of halogens is 4. The summed E-state index contributed by atoms with van der Waals surface area (Å²) in [6.45, 7) is 3.33. The summed E-state index contributed by atoms with van der Waals surface area (Å²) in [6, 6.07) is 6.21. The minimum absolute atomic E-state index is 0. The van der Waals surface area contributed by atoms with Crippen molar-refractivity contribution in [2.75, 3.05) is 13.1 Å². The van der Waals surface area contributed by atoms with Crippen molar-refractivity contribution in [2.45, 2.75) is 44.5 Å². The maximum absolute atomic E-state index is 12.6. The average Bonchev–Trinajstić information content (AvgIpc) is 3.33. The van der Waals surface area contributed by atoms with Crippen molar-refractivity contribution in [3.8, 4) is 5.75 Å². The Bertz CT molecular complexity index is 631. The molecule has 3 atom stereocenters. The van der Waals surface area contributed by atoms with Crippen molar-refractivity contribution in [2.24, 2.45) is 17.6 Å². The lowest BCUT2D eigenvalue weighted by atomic mass is 9.90. The Morgan fingerprint density at radius 2 is 1.88 bits per heavy atom. The fourth-order valence-corrected chi connectivity index (χ4v) is 3.70. The molecule has 3 unspecified atom stereocenters. The van der Waals surface area contributed by atoms with Gasteiger partial charge in [-0.25, -0.2) is 0 Å². The Balaban J connectivity index is 0.00000243. The van der Waals surface area contributed by atoms with E-state index in [9.17, 15) is 18.0 Å². The number of ether oxygens (including phenoxy) is 1. The first-order valence-corrected chi connectivity index (χ1v) is 8.65. The predicted molar refractivity (Wildman–Crippen MR) is 94.2 cm³/mol. The fraction of sp³-hybridized carbons (Fsp3) is 0.611. The largest absolute Gasteiger partial charge is 0.573 e. The first kappa shape index (κ1) is 20.8. The molecule has 0 spiro atoms. The quantitative estimate of drug-likeness (QED) is 0.850. The zero-order valence-corrected chi connectivity index (χ0v) is 15.4. The molecule has 0 aromatic heterocycles. The standard InChI is InChI=1S/C18H23F3N2O2.ClH/c1-11(22)12-6-8-23(9-7-12)17(24)15-10-14(15)13-4-2-3-5-16(13)25-18(19,20)21;/h2-5,11-12,14-15H,6-10,22H2,1H3;1H. The molecule has 1 aliphatic carbocycles. The molecule has 1 heterocycles. The highest BCUT2D eigenvalue weighted by atomic mass is 35.5. The number of piperidine rings is 1. The molecule has 146 valence electrons. The molecule has 1 amide bonds. The van der Waals surface area contributed by atoms with E-state index in [2.05, 4.69) is 4.74 Å². The van der Waals surface area contributed by atoms with E-state index in [1.807, 2.05) is 11.8 Å². The van der Waals surface area contributed by atoms with Gasteiger partial charge in [-0.3, -0.25) is 4.79 Å². The number of alkyl halides is 3. The number of carbonyl (C=O) groups is 1. The van der Waals surface area contributed by atoms with Crippen LogP contribution in [0.4, 0.5) is 13.2 Å². The van der Waals surface area contributed by atoms with Gasteiger partial charge in [-0.1, -0.05) is 18.2 Å². The molecule has 1 aliphatic heterocycles. The molecule has 1 saturated carbocycles. The molecule has 3 rings (SSSR count). The third-order valence-corrected chi connectivity index (χ3v) is 5.25. The molecule has 26 heavy (non-hydrogen) atoms. The molecule has 2 aliphatic rings. The van der Waals surface area contributed by atoms with Crippen LogP contribution >= 0.6 is 12.4 Å². The van der Waals surface area contributed by atoms with Gasteiger partial charge in [0.15, 0.2) is 0 Å². The molecule has 0 bridgehead atoms. The number of rotatable bonds is 4. The number of para-hydroxylation sites is 1. The molecule has 1 aromatic rings. The van der Waals surface area contributed by atoms with E-state index in [1.54, 1.807) is 12.1 Å². The highest BCUT2D eigenvalue weighted by molar-refractivity contribution is 5.85. The maximum Gasteiger partial charge on any atom is 0.573 e. The molecule has 1 saturated heterocycles. The maximum atomic E-state index is 12.6. The normalized spacial score (nSPS) is 24.6. The van der Waals surface area contributed by atoms with Crippen molar-refractivity contribution in [1.82, 2.24) is 4.90 Å². The lowest BCUT2D eigenvalue weighted by molar-refractivity contribution is -0.274. The van der Waals surface area contributed by atoms with Gasteiger partial charge in [0, 0.05) is 25.0 Å². The van der Waals surface area contributed by atoms with Crippen LogP contribution in [0.3, 0.4) is 0 Å². The van der Waals surface area contributed by atoms with Crippen LogP contribution in [0.15, 0.2) is 24.3 Å². The number of benzene rings is 1. The zero-order valence-electron chi connectivity index (χ0n) is 14.5. The Hall–Kier alpha value is -1.47. The number of carbonyl (C=O) groups excluding carboxylic acids is 1. The van der Waals surface area contributed by atoms with Crippen LogP contribution in [-0.2, 0) is 4.79 Å². The van der Waals surface area contributed by atoms with E-state index in [0.29, 0.717) is 31.0 Å². The molecular formula is C18H24ClF3N2O2. The number of likely N-dealkylation sites (tertiary alicyclic amines) is 1. The van der Waals surface area contributed by atoms with Gasteiger partial charge in [0.2, 0.25) is 5.91 Å². The second-order valence-corrected chi connectivity index (χ2v) is 7.06. The molecule has 2 N–H and O–H groups in total. The van der Waals surface area contributed by atoms with Crippen molar-refractivity contribution >= 4 is 18.3 Å². The number of hydrogen-bond donors (Lipinski definition) is 1. The minimum Gasteiger partial charge on any atom is -0.405 e. The first-order chi connectivity index (χ1) is 11.8. The predicted octanol–water partition coefficient (Wildman–Crippen LogP) is 3.70. The monoisotopic (exact) mass is 392 g/mol. The summed E-state index contributed by atoms with van der Waals surface area (Å²) in [5.74, 6) is -0.178. The second kappa shape index (κ2) is 8.05. The van der Waals surface area contributed by atoms with Crippen LogP contribution in [0.1, 0.15) is 37.7 Å². The minimum atomic E-state index is -4.73. The van der Waals surface area contributed by atoms with Crippen LogP contribution in [0.2, 0.25) is 0 Å². The van der Waals surface area contributed by atoms with Gasteiger partial charge in [0.25, 0.3) is 0 Å². The van der Waals surface area contributed by atoms with E-state index in [1.165, 1.54) is 12.1 Å². The molecule has 8 heteroatoms. The molecule has 4 nitrogen and oxygen atoms in total. The van der Waals surface area contributed by atoms with Gasteiger partial charge in [0.05, 0.1) is 0 Å². The number of amides is 1. The van der Waals surface area contributed by atoms with Gasteiger partial charge >= 0.3 is 6.36 Å². The molecular weight excluding hydrogens is 369 g/mol. The van der Waals surface area contributed by atoms with Crippen LogP contribution in [0, 0.1) is 11.8 Å². The van der Waals surface area contributed by atoms with Crippen LogP contribution in [0.5, 0.6) is 5.75 Å². The molecule has 2 fully saturated rings. The number of nitrogens with zero attached hydrogens (tertiary/aromatic N) is 1. The Labute approximate surface area is 157 Å². The number of hydrogen-bond acceptors (Lipinski definition) is 3. The lowest BCUT2D eigenvalue weighted by Crippen LogP contribution is -2.43. The smallest absolute Gasteiger partial charge is 0.405 e. The average molecular weight is 393 g/mol. The van der Waals surface area contributed by atoms with E-state index in [0.717, 1.165) is 12.8 Å². The summed E-state index contributed by atoms with van der Waals surface area (Å²) >= 11 is 0. The zero-order chi connectivity index (χ0) is 18.2. The van der Waals surface area contributed by atoms with Gasteiger partial charge in [-0.15, -0.1) is 25.6 Å². The van der Waals surface area contributed by atoms with E-state index in [4.69, 9.17) is 5.73 Å². The Morgan fingerprint density at radius 1 is 1.27 bits per heavy atom. The highest BCUT2D eigenvalue weighted by Gasteiger charge is 2.48. The summed E-state index contributed by atoms with van der Waals surface area (Å²) in [7, 11) is 0. The van der Waals surface area contributed by atoms with Crippen molar-refractivity contribution in [3.05, 3.63) is 29.8 Å². The lowest BCUT2D eigenvalue weighted by Gasteiger charge is -2.34. The number of nitrogens with two attached hydrogens (primary N) is 1. The molecule has 0 radical (unpaired) electrons. The van der Waals surface area contributed by atoms with Gasteiger partial charge < -0.3 is 15.4 Å². The first-order valence-electron chi connectivity index (χ1n) is 8.65. The van der Waals surface area contributed by atoms with Crippen LogP contribution < -0.4 is 10.5 Å². The summed E-state index contributed by atoms with van der Waals surface area (Å²) in [5, 5.41) is 0. The van der Waals surface area contributed by atoms with Crippen LogP contribution in [0.25, 0.3) is 0 Å². The Kier molecular flexibility index (Phi) is 6.45. The summed E-state index contributed by atoms with van der Waals surface area (Å²) in [5.41, 5.74) is 6.38. The molecule has 1 aromatic carbocycles.